The van der Waals surface area contributed by atoms with Gasteiger partial charge in [-0.1, -0.05) is 25.7 Å². The summed E-state index contributed by atoms with van der Waals surface area (Å²) in [6, 6.07) is 0. The van der Waals surface area contributed by atoms with Crippen molar-refractivity contribution in [1.82, 2.24) is 5.32 Å². The van der Waals surface area contributed by atoms with E-state index in [1.54, 1.807) is 6.92 Å². The molecule has 0 aliphatic heterocycles. The van der Waals surface area contributed by atoms with Crippen molar-refractivity contribution >= 4 is 5.91 Å². The molecular formula is C11H21NO2. The maximum atomic E-state index is 11.3. The molecule has 1 rings (SSSR count). The Morgan fingerprint density at radius 1 is 1.50 bits per heavy atom. The molecule has 2 N–H and O–H groups in total. The molecule has 0 radical (unpaired) electrons. The van der Waals surface area contributed by atoms with Crippen LogP contribution in [0.15, 0.2) is 0 Å². The third-order valence-corrected chi connectivity index (χ3v) is 2.85. The van der Waals surface area contributed by atoms with Crippen molar-refractivity contribution in [3.63, 3.8) is 0 Å². The van der Waals surface area contributed by atoms with Gasteiger partial charge >= 0.3 is 0 Å². The minimum Gasteiger partial charge on any atom is -0.392 e. The average Bonchev–Trinajstić information content (AvgIpc) is 2.63. The molecule has 1 amide bonds. The Labute approximate surface area is 85.9 Å². The highest BCUT2D eigenvalue weighted by atomic mass is 16.3. The van der Waals surface area contributed by atoms with E-state index in [0.29, 0.717) is 13.0 Å². The van der Waals surface area contributed by atoms with Crippen molar-refractivity contribution in [2.24, 2.45) is 5.92 Å². The first-order valence-electron chi connectivity index (χ1n) is 5.63. The Kier molecular flexibility index (Phi) is 4.94. The smallest absolute Gasteiger partial charge is 0.220 e. The second-order valence-corrected chi connectivity index (χ2v) is 4.34. The highest BCUT2D eigenvalue weighted by Crippen LogP contribution is 2.28. The van der Waals surface area contributed by atoms with Gasteiger partial charge in [0.2, 0.25) is 5.91 Å². The van der Waals surface area contributed by atoms with Crippen LogP contribution in [-0.2, 0) is 4.79 Å². The predicted molar refractivity (Wildman–Crippen MR) is 55.9 cm³/mol. The van der Waals surface area contributed by atoms with Crippen molar-refractivity contribution in [3.8, 4) is 0 Å². The summed E-state index contributed by atoms with van der Waals surface area (Å²) >= 11 is 0. The lowest BCUT2D eigenvalue weighted by Gasteiger charge is -2.09. The lowest BCUT2D eigenvalue weighted by atomic mass is 10.0. The molecule has 1 aliphatic rings. The van der Waals surface area contributed by atoms with Gasteiger partial charge in [-0.3, -0.25) is 4.79 Å². The normalized spacial score (nSPS) is 19.6. The van der Waals surface area contributed by atoms with E-state index in [0.717, 1.165) is 12.3 Å². The van der Waals surface area contributed by atoms with Gasteiger partial charge in [0.05, 0.1) is 6.10 Å². The number of carbonyl (C=O) groups is 1. The standard InChI is InChI=1S/C11H21NO2/c1-9(13)8-12-11(14)7-6-10-4-2-3-5-10/h9-10,13H,2-8H2,1H3,(H,12,14). The zero-order chi connectivity index (χ0) is 10.4. The maximum absolute atomic E-state index is 11.3. The monoisotopic (exact) mass is 199 g/mol. The second kappa shape index (κ2) is 6.02. The van der Waals surface area contributed by atoms with Crippen LogP contribution in [0.5, 0.6) is 0 Å². The van der Waals surface area contributed by atoms with Crippen molar-refractivity contribution in [3.05, 3.63) is 0 Å². The van der Waals surface area contributed by atoms with Crippen molar-refractivity contribution in [2.45, 2.75) is 51.6 Å². The molecule has 0 aromatic rings. The molecule has 1 unspecified atom stereocenters. The topological polar surface area (TPSA) is 49.3 Å². The third-order valence-electron chi connectivity index (χ3n) is 2.85. The first-order valence-corrected chi connectivity index (χ1v) is 5.63. The molecule has 82 valence electrons. The van der Waals surface area contributed by atoms with E-state index in [9.17, 15) is 4.79 Å². The number of aliphatic hydroxyl groups excluding tert-OH is 1. The van der Waals surface area contributed by atoms with Gasteiger partial charge in [0.15, 0.2) is 0 Å². The molecule has 0 spiro atoms. The second-order valence-electron chi connectivity index (χ2n) is 4.34. The Bertz CT molecular complexity index is 174. The van der Waals surface area contributed by atoms with Crippen molar-refractivity contribution in [1.29, 1.82) is 0 Å². The fraction of sp³-hybridized carbons (Fsp3) is 0.909. The van der Waals surface area contributed by atoms with Gasteiger partial charge < -0.3 is 10.4 Å². The SMILES string of the molecule is CC(O)CNC(=O)CCC1CCCC1. The van der Waals surface area contributed by atoms with Crippen LogP contribution in [-0.4, -0.2) is 23.7 Å². The lowest BCUT2D eigenvalue weighted by Crippen LogP contribution is -2.30. The van der Waals surface area contributed by atoms with Gasteiger partial charge in [-0.05, 0) is 19.3 Å². The van der Waals surface area contributed by atoms with Crippen LogP contribution in [0.3, 0.4) is 0 Å². The number of aliphatic hydroxyl groups is 1. The van der Waals surface area contributed by atoms with Gasteiger partial charge in [0, 0.05) is 13.0 Å². The minimum atomic E-state index is -0.439. The summed E-state index contributed by atoms with van der Waals surface area (Å²) in [5.74, 6) is 0.852. The molecule has 14 heavy (non-hydrogen) atoms. The van der Waals surface area contributed by atoms with Crippen LogP contribution in [0.25, 0.3) is 0 Å². The van der Waals surface area contributed by atoms with E-state index in [1.807, 2.05) is 0 Å². The zero-order valence-electron chi connectivity index (χ0n) is 8.96. The predicted octanol–water partition coefficient (Wildman–Crippen LogP) is 1.45. The summed E-state index contributed by atoms with van der Waals surface area (Å²) in [4.78, 5) is 11.3. The molecule has 1 aliphatic carbocycles. The van der Waals surface area contributed by atoms with Gasteiger partial charge in [0.1, 0.15) is 0 Å². The summed E-state index contributed by atoms with van der Waals surface area (Å²) in [5.41, 5.74) is 0. The molecule has 3 heteroatoms. The molecule has 0 aromatic carbocycles. The Balaban J connectivity index is 2.02. The van der Waals surface area contributed by atoms with E-state index in [2.05, 4.69) is 5.32 Å². The summed E-state index contributed by atoms with van der Waals surface area (Å²) in [7, 11) is 0. The molecule has 0 heterocycles. The molecular weight excluding hydrogens is 178 g/mol. The first-order chi connectivity index (χ1) is 6.68. The number of amides is 1. The summed E-state index contributed by atoms with van der Waals surface area (Å²) < 4.78 is 0. The quantitative estimate of drug-likeness (QED) is 0.704. The minimum absolute atomic E-state index is 0.0813. The van der Waals surface area contributed by atoms with Gasteiger partial charge in [-0.15, -0.1) is 0 Å². The highest BCUT2D eigenvalue weighted by molar-refractivity contribution is 5.75. The van der Waals surface area contributed by atoms with E-state index in [-0.39, 0.29) is 5.91 Å². The van der Waals surface area contributed by atoms with Crippen LogP contribution < -0.4 is 5.32 Å². The number of nitrogens with one attached hydrogen (secondary N) is 1. The van der Waals surface area contributed by atoms with E-state index < -0.39 is 6.10 Å². The summed E-state index contributed by atoms with van der Waals surface area (Å²) in [6.07, 6.45) is 6.46. The Morgan fingerprint density at radius 2 is 2.14 bits per heavy atom. The van der Waals surface area contributed by atoms with E-state index in [4.69, 9.17) is 5.11 Å². The van der Waals surface area contributed by atoms with Crippen LogP contribution >= 0.6 is 0 Å². The Morgan fingerprint density at radius 3 is 2.71 bits per heavy atom. The molecule has 3 nitrogen and oxygen atoms in total. The molecule has 0 bridgehead atoms. The fourth-order valence-electron chi connectivity index (χ4n) is 1.98. The summed E-state index contributed by atoms with van der Waals surface area (Å²) in [5, 5.41) is 11.7. The Hall–Kier alpha value is -0.570. The third kappa shape index (κ3) is 4.61. The number of hydrogen-bond acceptors (Lipinski definition) is 2. The van der Waals surface area contributed by atoms with Gasteiger partial charge in [-0.2, -0.15) is 0 Å². The maximum Gasteiger partial charge on any atom is 0.220 e. The summed E-state index contributed by atoms with van der Waals surface area (Å²) in [6.45, 7) is 2.06. The molecule has 1 saturated carbocycles. The highest BCUT2D eigenvalue weighted by Gasteiger charge is 2.15. The van der Waals surface area contributed by atoms with Crippen molar-refractivity contribution in [2.75, 3.05) is 6.54 Å². The van der Waals surface area contributed by atoms with Crippen molar-refractivity contribution < 1.29 is 9.90 Å². The zero-order valence-corrected chi connectivity index (χ0v) is 8.96. The van der Waals surface area contributed by atoms with Crippen LogP contribution in [0.2, 0.25) is 0 Å². The molecule has 0 aromatic heterocycles. The molecule has 1 atom stereocenters. The van der Waals surface area contributed by atoms with Crippen LogP contribution in [0, 0.1) is 5.92 Å². The lowest BCUT2D eigenvalue weighted by molar-refractivity contribution is -0.121. The van der Waals surface area contributed by atoms with Crippen LogP contribution in [0.4, 0.5) is 0 Å². The number of carbonyl (C=O) groups excluding carboxylic acids is 1. The van der Waals surface area contributed by atoms with Gasteiger partial charge in [0.25, 0.3) is 0 Å². The van der Waals surface area contributed by atoms with Gasteiger partial charge in [-0.25, -0.2) is 0 Å². The first kappa shape index (κ1) is 11.5. The average molecular weight is 199 g/mol. The van der Waals surface area contributed by atoms with E-state index in [1.165, 1.54) is 25.7 Å². The van der Waals surface area contributed by atoms with E-state index >= 15 is 0 Å². The largest absolute Gasteiger partial charge is 0.392 e. The van der Waals surface area contributed by atoms with Crippen LogP contribution in [0.1, 0.15) is 45.4 Å². The molecule has 0 saturated heterocycles. The number of rotatable bonds is 5. The fourth-order valence-corrected chi connectivity index (χ4v) is 1.98. The molecule has 1 fully saturated rings. The number of hydrogen-bond donors (Lipinski definition) is 2.